The van der Waals surface area contributed by atoms with Crippen LogP contribution in [0.3, 0.4) is 0 Å². The fourth-order valence-corrected chi connectivity index (χ4v) is 2.91. The van der Waals surface area contributed by atoms with Gasteiger partial charge in [0.15, 0.2) is 11.5 Å². The van der Waals surface area contributed by atoms with Crippen molar-refractivity contribution in [1.29, 1.82) is 0 Å². The summed E-state index contributed by atoms with van der Waals surface area (Å²) in [6.45, 7) is 1.75. The van der Waals surface area contributed by atoms with Gasteiger partial charge in [0.2, 0.25) is 6.79 Å². The molecule has 6 heteroatoms. The lowest BCUT2D eigenvalue weighted by Gasteiger charge is -2.21. The van der Waals surface area contributed by atoms with Gasteiger partial charge in [0.1, 0.15) is 6.29 Å². The number of hydrogen-bond acceptors (Lipinski definition) is 5. The van der Waals surface area contributed by atoms with Gasteiger partial charge in [-0.3, -0.25) is 14.9 Å². The number of carboxylic acids is 1. The quantitative estimate of drug-likeness (QED) is 0.588. The molecule has 134 valence electrons. The minimum Gasteiger partial charge on any atom is -0.480 e. The lowest BCUT2D eigenvalue weighted by atomic mass is 9.92. The molecule has 1 aliphatic rings. The van der Waals surface area contributed by atoms with E-state index in [4.69, 9.17) is 14.6 Å². The first-order valence-corrected chi connectivity index (χ1v) is 8.16. The highest BCUT2D eigenvalue weighted by atomic mass is 16.7. The Balaban J connectivity index is 2.02. The third-order valence-electron chi connectivity index (χ3n) is 4.27. The summed E-state index contributed by atoms with van der Waals surface area (Å²) in [6, 6.07) is 14.2. The molecule has 1 unspecified atom stereocenters. The van der Waals surface area contributed by atoms with Crippen molar-refractivity contribution in [3.05, 3.63) is 65.2 Å². The maximum absolute atomic E-state index is 11.9. The van der Waals surface area contributed by atoms with Gasteiger partial charge in [-0.15, -0.1) is 0 Å². The zero-order chi connectivity index (χ0) is 18.5. The molecule has 0 radical (unpaired) electrons. The van der Waals surface area contributed by atoms with E-state index in [1.54, 1.807) is 6.07 Å². The second kappa shape index (κ2) is 7.84. The number of carbonyl (C=O) groups is 2. The smallest absolute Gasteiger partial charge is 0.317 e. The average molecular weight is 353 g/mol. The molecule has 0 amide bonds. The Labute approximate surface area is 151 Å². The van der Waals surface area contributed by atoms with Crippen LogP contribution < -0.4 is 14.8 Å². The summed E-state index contributed by atoms with van der Waals surface area (Å²) in [4.78, 5) is 22.9. The largest absolute Gasteiger partial charge is 0.480 e. The highest BCUT2D eigenvalue weighted by molar-refractivity contribution is 5.90. The van der Waals surface area contributed by atoms with Crippen LogP contribution in [-0.4, -0.2) is 30.7 Å². The molecule has 6 nitrogen and oxygen atoms in total. The SMILES string of the molecule is CC(=C(C=O)C(NCC(=O)O)c1ccccc1)c1ccc2c(c1)OCO2. The number of rotatable bonds is 7. The number of fused-ring (bicyclic) bond motifs is 1. The van der Waals surface area contributed by atoms with Crippen molar-refractivity contribution in [1.82, 2.24) is 5.32 Å². The van der Waals surface area contributed by atoms with E-state index in [1.807, 2.05) is 49.4 Å². The Kier molecular flexibility index (Phi) is 5.34. The summed E-state index contributed by atoms with van der Waals surface area (Å²) in [6.07, 6.45) is 0.770. The number of aliphatic carboxylic acids is 1. The summed E-state index contributed by atoms with van der Waals surface area (Å²) < 4.78 is 10.7. The molecule has 2 aromatic carbocycles. The van der Waals surface area contributed by atoms with E-state index in [0.29, 0.717) is 17.1 Å². The number of carboxylic acid groups (broad SMARTS) is 1. The van der Waals surface area contributed by atoms with Gasteiger partial charge in [0, 0.05) is 5.57 Å². The molecule has 1 atom stereocenters. The van der Waals surface area contributed by atoms with Gasteiger partial charge < -0.3 is 14.6 Å². The van der Waals surface area contributed by atoms with Gasteiger partial charge in [-0.2, -0.15) is 0 Å². The van der Waals surface area contributed by atoms with Crippen molar-refractivity contribution in [2.24, 2.45) is 0 Å². The standard InChI is InChI=1S/C20H19NO5/c1-13(15-7-8-17-18(9-15)26-12-25-17)16(11-22)20(21-10-19(23)24)14-5-3-2-4-6-14/h2-9,11,20-21H,10,12H2,1H3,(H,23,24). The number of benzene rings is 2. The fourth-order valence-electron chi connectivity index (χ4n) is 2.91. The van der Waals surface area contributed by atoms with E-state index in [9.17, 15) is 9.59 Å². The predicted molar refractivity (Wildman–Crippen MR) is 96.0 cm³/mol. The molecule has 3 rings (SSSR count). The van der Waals surface area contributed by atoms with Crippen molar-refractivity contribution in [2.75, 3.05) is 13.3 Å². The van der Waals surface area contributed by atoms with Crippen molar-refractivity contribution < 1.29 is 24.2 Å². The van der Waals surface area contributed by atoms with Gasteiger partial charge in [-0.1, -0.05) is 36.4 Å². The number of hydrogen-bond donors (Lipinski definition) is 2. The molecule has 0 aromatic heterocycles. The van der Waals surface area contributed by atoms with Crippen LogP contribution in [0.15, 0.2) is 54.1 Å². The maximum Gasteiger partial charge on any atom is 0.317 e. The zero-order valence-corrected chi connectivity index (χ0v) is 14.3. The molecular weight excluding hydrogens is 334 g/mol. The van der Waals surface area contributed by atoms with Gasteiger partial charge >= 0.3 is 5.97 Å². The number of ether oxygens (including phenoxy) is 2. The second-order valence-electron chi connectivity index (χ2n) is 5.88. The molecule has 0 aliphatic carbocycles. The van der Waals surface area contributed by atoms with Crippen LogP contribution in [0.1, 0.15) is 24.1 Å². The Morgan fingerprint density at radius 1 is 1.19 bits per heavy atom. The summed E-state index contributed by atoms with van der Waals surface area (Å²) in [7, 11) is 0. The highest BCUT2D eigenvalue weighted by Crippen LogP contribution is 2.36. The van der Waals surface area contributed by atoms with E-state index in [0.717, 1.165) is 23.0 Å². The summed E-state index contributed by atoms with van der Waals surface area (Å²) in [5.41, 5.74) is 2.84. The fraction of sp³-hybridized carbons (Fsp3) is 0.200. The number of carbonyl (C=O) groups excluding carboxylic acids is 1. The minimum absolute atomic E-state index is 0.175. The van der Waals surface area contributed by atoms with E-state index >= 15 is 0 Å². The average Bonchev–Trinajstić information content (AvgIpc) is 3.13. The van der Waals surface area contributed by atoms with E-state index < -0.39 is 12.0 Å². The van der Waals surface area contributed by atoms with Crippen molar-refractivity contribution >= 4 is 17.8 Å². The van der Waals surface area contributed by atoms with Gasteiger partial charge in [0.05, 0.1) is 12.6 Å². The molecule has 26 heavy (non-hydrogen) atoms. The summed E-state index contributed by atoms with van der Waals surface area (Å²) in [5.74, 6) is 0.302. The normalized spacial score (nSPS) is 14.5. The van der Waals surface area contributed by atoms with Crippen molar-refractivity contribution in [2.45, 2.75) is 13.0 Å². The first kappa shape index (κ1) is 17.7. The Morgan fingerprint density at radius 3 is 2.62 bits per heavy atom. The molecule has 0 fully saturated rings. The van der Waals surface area contributed by atoms with Crippen LogP contribution in [0.4, 0.5) is 0 Å². The summed E-state index contributed by atoms with van der Waals surface area (Å²) in [5, 5.41) is 12.0. The van der Waals surface area contributed by atoms with Gasteiger partial charge in [0.25, 0.3) is 0 Å². The third kappa shape index (κ3) is 3.75. The molecule has 1 aliphatic heterocycles. The van der Waals surface area contributed by atoms with Crippen molar-refractivity contribution in [3.8, 4) is 11.5 Å². The lowest BCUT2D eigenvalue weighted by Crippen LogP contribution is -2.29. The first-order valence-electron chi connectivity index (χ1n) is 8.16. The topological polar surface area (TPSA) is 84.9 Å². The molecule has 0 bridgehead atoms. The zero-order valence-electron chi connectivity index (χ0n) is 14.3. The molecule has 0 saturated heterocycles. The number of nitrogens with one attached hydrogen (secondary N) is 1. The molecule has 0 saturated carbocycles. The van der Waals surface area contributed by atoms with Crippen LogP contribution in [0, 0.1) is 0 Å². The Hall–Kier alpha value is -3.12. The van der Waals surface area contributed by atoms with Gasteiger partial charge in [-0.25, -0.2) is 0 Å². The van der Waals surface area contributed by atoms with Crippen LogP contribution >= 0.6 is 0 Å². The van der Waals surface area contributed by atoms with Crippen LogP contribution in [0.25, 0.3) is 5.57 Å². The first-order chi connectivity index (χ1) is 12.6. The number of allylic oxidation sites excluding steroid dienone is 1. The predicted octanol–water partition coefficient (Wildman–Crippen LogP) is 2.80. The Bertz CT molecular complexity index is 845. The molecule has 1 heterocycles. The third-order valence-corrected chi connectivity index (χ3v) is 4.27. The molecule has 0 spiro atoms. The lowest BCUT2D eigenvalue weighted by molar-refractivity contribution is -0.136. The second-order valence-corrected chi connectivity index (χ2v) is 5.88. The summed E-state index contributed by atoms with van der Waals surface area (Å²) >= 11 is 0. The minimum atomic E-state index is -0.989. The maximum atomic E-state index is 11.9. The highest BCUT2D eigenvalue weighted by Gasteiger charge is 2.21. The van der Waals surface area contributed by atoms with Crippen molar-refractivity contribution in [3.63, 3.8) is 0 Å². The molecular formula is C20H19NO5. The molecule has 2 N–H and O–H groups in total. The van der Waals surface area contributed by atoms with E-state index in [-0.39, 0.29) is 13.3 Å². The van der Waals surface area contributed by atoms with Gasteiger partial charge in [-0.05, 0) is 35.8 Å². The Morgan fingerprint density at radius 2 is 1.92 bits per heavy atom. The van der Waals surface area contributed by atoms with Crippen LogP contribution in [0.2, 0.25) is 0 Å². The van der Waals surface area contributed by atoms with Crippen LogP contribution in [0.5, 0.6) is 11.5 Å². The number of aldehydes is 1. The van der Waals surface area contributed by atoms with E-state index in [2.05, 4.69) is 5.32 Å². The van der Waals surface area contributed by atoms with E-state index in [1.165, 1.54) is 0 Å². The molecule has 2 aromatic rings. The monoisotopic (exact) mass is 353 g/mol. The van der Waals surface area contributed by atoms with Crippen LogP contribution in [-0.2, 0) is 9.59 Å².